The van der Waals surface area contributed by atoms with Crippen LogP contribution < -0.4 is 20.3 Å². The van der Waals surface area contributed by atoms with E-state index in [-0.39, 0.29) is 10.5 Å². The van der Waals surface area contributed by atoms with Gasteiger partial charge in [0.2, 0.25) is 10.0 Å². The molecule has 0 saturated carbocycles. The molecule has 2 heterocycles. The van der Waals surface area contributed by atoms with Gasteiger partial charge in [-0.05, 0) is 30.3 Å². The zero-order valence-electron chi connectivity index (χ0n) is 15.7. The fraction of sp³-hybridized carbons (Fsp3) is 0.316. The van der Waals surface area contributed by atoms with E-state index in [0.717, 1.165) is 36.9 Å². The van der Waals surface area contributed by atoms with Crippen LogP contribution in [0.5, 0.6) is 0 Å². The summed E-state index contributed by atoms with van der Waals surface area (Å²) in [6, 6.07) is 12.1. The van der Waals surface area contributed by atoms with E-state index >= 15 is 0 Å². The van der Waals surface area contributed by atoms with Gasteiger partial charge in [0.05, 0.1) is 49.7 Å². The third-order valence-electron chi connectivity index (χ3n) is 5.12. The summed E-state index contributed by atoms with van der Waals surface area (Å²) in [5, 5.41) is 0.726. The first-order chi connectivity index (χ1) is 13.9. The van der Waals surface area contributed by atoms with Crippen molar-refractivity contribution in [2.24, 2.45) is 0 Å². The van der Waals surface area contributed by atoms with Gasteiger partial charge in [-0.25, -0.2) is 17.9 Å². The Morgan fingerprint density at radius 1 is 1.17 bits per heavy atom. The highest BCUT2D eigenvalue weighted by Crippen LogP contribution is 2.19. The Hall–Kier alpha value is -2.33. The topological polar surface area (TPSA) is 99.8 Å². The molecule has 3 aromatic rings. The number of H-pyrrole nitrogens is 1. The minimum absolute atomic E-state index is 0.0773. The molecule has 4 rings (SSSR count). The summed E-state index contributed by atoms with van der Waals surface area (Å²) in [5.74, 6) is -0.608. The lowest BCUT2D eigenvalue weighted by molar-refractivity contribution is -0.899. The van der Waals surface area contributed by atoms with Crippen molar-refractivity contribution < 1.29 is 17.7 Å². The molecule has 0 spiro atoms. The lowest BCUT2D eigenvalue weighted by Gasteiger charge is -2.33. The third-order valence-corrected chi connectivity index (χ3v) is 6.81. The van der Waals surface area contributed by atoms with Crippen LogP contribution >= 0.6 is 11.6 Å². The summed E-state index contributed by atoms with van der Waals surface area (Å²) in [7, 11) is -3.67. The number of piperazine rings is 1. The van der Waals surface area contributed by atoms with Crippen LogP contribution in [-0.2, 0) is 10.0 Å². The van der Waals surface area contributed by atoms with Crippen molar-refractivity contribution in [2.45, 2.75) is 4.90 Å². The molecule has 0 unspecified atom stereocenters. The number of anilines is 1. The van der Waals surface area contributed by atoms with Crippen molar-refractivity contribution in [3.63, 3.8) is 0 Å². The minimum atomic E-state index is -3.67. The van der Waals surface area contributed by atoms with Crippen LogP contribution in [0.3, 0.4) is 0 Å². The van der Waals surface area contributed by atoms with Crippen molar-refractivity contribution >= 4 is 38.4 Å². The summed E-state index contributed by atoms with van der Waals surface area (Å²) in [6.45, 7) is 4.68. The molecule has 1 aliphatic rings. The molecule has 0 radical (unpaired) electrons. The van der Waals surface area contributed by atoms with Gasteiger partial charge in [0.15, 0.2) is 5.58 Å². The second kappa shape index (κ2) is 8.19. The molecule has 10 heteroatoms. The van der Waals surface area contributed by atoms with Crippen LogP contribution in [0, 0.1) is 0 Å². The number of aromatic amines is 1. The van der Waals surface area contributed by atoms with Crippen LogP contribution in [0.4, 0.5) is 5.69 Å². The Balaban J connectivity index is 1.30. The number of nitrogens with zero attached hydrogens (tertiary/aromatic N) is 1. The second-order valence-electron chi connectivity index (χ2n) is 7.04. The van der Waals surface area contributed by atoms with Crippen molar-refractivity contribution in [1.82, 2.24) is 9.71 Å². The predicted molar refractivity (Wildman–Crippen MR) is 111 cm³/mol. The normalized spacial score (nSPS) is 15.8. The number of sulfonamides is 1. The van der Waals surface area contributed by atoms with Gasteiger partial charge in [-0.1, -0.05) is 17.7 Å². The molecule has 0 amide bonds. The molecule has 1 saturated heterocycles. The van der Waals surface area contributed by atoms with Crippen molar-refractivity contribution in [3.05, 3.63) is 58.0 Å². The average molecular weight is 438 g/mol. The van der Waals surface area contributed by atoms with E-state index in [2.05, 4.69) is 20.7 Å². The number of nitrogens with one attached hydrogen (secondary N) is 3. The zero-order valence-corrected chi connectivity index (χ0v) is 17.2. The fourth-order valence-electron chi connectivity index (χ4n) is 3.54. The van der Waals surface area contributed by atoms with E-state index < -0.39 is 15.8 Å². The van der Waals surface area contributed by atoms with Crippen LogP contribution in [0.15, 0.2) is 56.6 Å². The maximum absolute atomic E-state index is 12.5. The second-order valence-corrected chi connectivity index (χ2v) is 9.24. The Kier molecular flexibility index (Phi) is 5.64. The molecule has 1 aliphatic heterocycles. The summed E-state index contributed by atoms with van der Waals surface area (Å²) < 4.78 is 32.6. The number of oxazole rings is 1. The van der Waals surface area contributed by atoms with Gasteiger partial charge < -0.3 is 14.2 Å². The molecule has 0 atom stereocenters. The Morgan fingerprint density at radius 3 is 2.72 bits per heavy atom. The molecule has 154 valence electrons. The summed E-state index contributed by atoms with van der Waals surface area (Å²) in [4.78, 5) is 17.4. The van der Waals surface area contributed by atoms with Gasteiger partial charge in [-0.15, -0.1) is 0 Å². The number of aromatic nitrogens is 1. The van der Waals surface area contributed by atoms with Crippen molar-refractivity contribution in [2.75, 3.05) is 44.2 Å². The first kappa shape index (κ1) is 20.0. The molecule has 1 aromatic heterocycles. The van der Waals surface area contributed by atoms with Gasteiger partial charge in [0.25, 0.3) is 0 Å². The minimum Gasteiger partial charge on any atom is -0.408 e. The van der Waals surface area contributed by atoms with Gasteiger partial charge in [0, 0.05) is 16.8 Å². The highest BCUT2D eigenvalue weighted by Gasteiger charge is 2.21. The number of hydrogen-bond acceptors (Lipinski definition) is 5. The Morgan fingerprint density at radius 2 is 1.97 bits per heavy atom. The molecule has 29 heavy (non-hydrogen) atoms. The molecule has 8 nitrogen and oxygen atoms in total. The van der Waals surface area contributed by atoms with Crippen molar-refractivity contribution in [1.29, 1.82) is 0 Å². The lowest BCUT2D eigenvalue weighted by atomic mass is 10.2. The number of rotatable bonds is 6. The average Bonchev–Trinajstić information content (AvgIpc) is 3.07. The molecule has 1 fully saturated rings. The smallest absolute Gasteiger partial charge is 0.408 e. The standard InChI is InChI=1S/C19H21ClN4O4S/c20-14-2-1-3-15(12-14)24-10-8-23(9-11-24)7-6-21-29(26,27)16-4-5-17-18(13-16)28-19(25)22-17/h1-5,12-13,21H,6-11H2,(H,22,25)/p+1. The van der Waals surface area contributed by atoms with E-state index in [1.165, 1.54) is 23.1 Å². The summed E-state index contributed by atoms with van der Waals surface area (Å²) in [5.41, 5.74) is 1.81. The van der Waals surface area contributed by atoms with Crippen molar-refractivity contribution in [3.8, 4) is 0 Å². The number of benzene rings is 2. The first-order valence-corrected chi connectivity index (χ1v) is 11.2. The Labute approximate surface area is 173 Å². The molecular formula is C19H22ClN4O4S+. The monoisotopic (exact) mass is 437 g/mol. The number of quaternary nitrogens is 1. The van der Waals surface area contributed by atoms with Crippen LogP contribution in [0.2, 0.25) is 5.02 Å². The number of halogens is 1. The molecule has 2 aromatic carbocycles. The predicted octanol–water partition coefficient (Wildman–Crippen LogP) is 0.458. The Bertz CT molecular complexity index is 1170. The lowest BCUT2D eigenvalue weighted by Crippen LogP contribution is -3.15. The highest BCUT2D eigenvalue weighted by molar-refractivity contribution is 7.89. The SMILES string of the molecule is O=c1[nH]c2ccc(S(=O)(=O)NCC[NH+]3CCN(c4cccc(Cl)c4)CC3)cc2o1. The third kappa shape index (κ3) is 4.64. The van der Waals surface area contributed by atoms with E-state index in [1.54, 1.807) is 0 Å². The van der Waals surface area contributed by atoms with Gasteiger partial charge >= 0.3 is 5.76 Å². The first-order valence-electron chi connectivity index (χ1n) is 9.37. The molecule has 0 bridgehead atoms. The molecular weight excluding hydrogens is 416 g/mol. The van der Waals surface area contributed by atoms with E-state index in [1.807, 2.05) is 18.2 Å². The van der Waals surface area contributed by atoms with Gasteiger partial charge in [-0.3, -0.25) is 4.98 Å². The fourth-order valence-corrected chi connectivity index (χ4v) is 4.77. The van der Waals surface area contributed by atoms with E-state index in [9.17, 15) is 13.2 Å². The number of hydrogen-bond donors (Lipinski definition) is 3. The largest absolute Gasteiger partial charge is 0.417 e. The quantitative estimate of drug-likeness (QED) is 0.520. The maximum Gasteiger partial charge on any atom is 0.417 e. The van der Waals surface area contributed by atoms with Crippen LogP contribution in [0.1, 0.15) is 0 Å². The van der Waals surface area contributed by atoms with Crippen LogP contribution in [0.25, 0.3) is 11.1 Å². The molecule has 3 N–H and O–H groups in total. The van der Waals surface area contributed by atoms with E-state index in [4.69, 9.17) is 16.0 Å². The summed E-state index contributed by atoms with van der Waals surface area (Å²) in [6.07, 6.45) is 0. The maximum atomic E-state index is 12.5. The zero-order chi connectivity index (χ0) is 20.4. The van der Waals surface area contributed by atoms with Crippen LogP contribution in [-0.4, -0.2) is 52.7 Å². The molecule has 0 aliphatic carbocycles. The number of fused-ring (bicyclic) bond motifs is 1. The van der Waals surface area contributed by atoms with Gasteiger partial charge in [0.1, 0.15) is 0 Å². The van der Waals surface area contributed by atoms with E-state index in [0.29, 0.717) is 18.6 Å². The summed E-state index contributed by atoms with van der Waals surface area (Å²) >= 11 is 6.07. The van der Waals surface area contributed by atoms with Gasteiger partial charge in [-0.2, -0.15) is 0 Å². The highest BCUT2D eigenvalue weighted by atomic mass is 35.5.